The van der Waals surface area contributed by atoms with E-state index in [-0.39, 0.29) is 77.7 Å². The third-order valence-corrected chi connectivity index (χ3v) is 13.7. The minimum atomic E-state index is -4.86. The zero-order chi connectivity index (χ0) is 48.8. The van der Waals surface area contributed by atoms with Crippen molar-refractivity contribution in [2.24, 2.45) is 4.99 Å². The summed E-state index contributed by atoms with van der Waals surface area (Å²) in [6.07, 6.45) is -0.731. The Bertz CT molecular complexity index is 2920. The molecule has 0 saturated carbocycles. The quantitative estimate of drug-likeness (QED) is 0.101. The fourth-order valence-electron chi connectivity index (χ4n) is 10.1. The molecule has 0 radical (unpaired) electrons. The van der Waals surface area contributed by atoms with Crippen molar-refractivity contribution < 1.29 is 51.5 Å². The zero-order valence-electron chi connectivity index (χ0n) is 38.6. The number of halogens is 4. The van der Waals surface area contributed by atoms with Gasteiger partial charge in [0.05, 0.1) is 79.1 Å². The smallest absolute Gasteiger partial charge is 0.418 e. The zero-order valence-corrected chi connectivity index (χ0v) is 39.3. The molecule has 5 aliphatic heterocycles. The van der Waals surface area contributed by atoms with Crippen molar-refractivity contribution in [3.05, 3.63) is 135 Å². The number of ether oxygens (including phenoxy) is 6. The molecule has 3 N–H and O–H groups in total. The minimum absolute atomic E-state index is 0.0188. The number of pyridine rings is 2. The van der Waals surface area contributed by atoms with Crippen molar-refractivity contribution in [1.82, 2.24) is 25.1 Å². The molecule has 0 aliphatic carbocycles. The van der Waals surface area contributed by atoms with Gasteiger partial charge in [0.15, 0.2) is 5.79 Å². The maximum Gasteiger partial charge on any atom is 0.418 e. The molecule has 3 saturated heterocycles. The average Bonchev–Trinajstić information content (AvgIpc) is 4.02. The highest BCUT2D eigenvalue weighted by atomic mass is 35.5. The highest BCUT2D eigenvalue weighted by Gasteiger charge is 2.58. The number of hydrogen-bond donors (Lipinski definition) is 3. The summed E-state index contributed by atoms with van der Waals surface area (Å²) >= 11 is 7.33. The Hall–Kier alpha value is -6.80. The molecular weight excluding hydrogens is 933 g/mol. The summed E-state index contributed by atoms with van der Waals surface area (Å²) in [5.74, 6) is 1.50. The predicted molar refractivity (Wildman–Crippen MR) is 251 cm³/mol. The van der Waals surface area contributed by atoms with Gasteiger partial charge < -0.3 is 48.6 Å². The number of hydrogen-bond acceptors (Lipinski definition) is 14. The number of rotatable bonds is 14. The first-order valence-corrected chi connectivity index (χ1v) is 23.1. The van der Waals surface area contributed by atoms with Gasteiger partial charge >= 0.3 is 18.2 Å². The molecular formula is C50H50ClF3N8O8. The molecule has 2 aromatic heterocycles. The molecule has 0 unspecified atom stereocenters. The van der Waals surface area contributed by atoms with Gasteiger partial charge in [-0.1, -0.05) is 41.9 Å². The molecule has 3 aromatic carbocycles. The van der Waals surface area contributed by atoms with Gasteiger partial charge in [0.2, 0.25) is 0 Å². The Kier molecular flexibility index (Phi) is 12.6. The van der Waals surface area contributed by atoms with Crippen LogP contribution in [0.2, 0.25) is 5.02 Å². The fraction of sp³-hybridized carbons (Fsp3) is 0.360. The Morgan fingerprint density at radius 3 is 2.37 bits per heavy atom. The second-order valence-electron chi connectivity index (χ2n) is 17.8. The third-order valence-electron chi connectivity index (χ3n) is 13.3. The van der Waals surface area contributed by atoms with Gasteiger partial charge in [-0.15, -0.1) is 0 Å². The molecule has 366 valence electrons. The molecule has 1 amide bonds. The van der Waals surface area contributed by atoms with Crippen LogP contribution in [0.4, 0.5) is 29.6 Å². The lowest BCUT2D eigenvalue weighted by atomic mass is 9.93. The third kappa shape index (κ3) is 9.21. The minimum Gasteiger partial charge on any atom is -0.497 e. The molecule has 16 nitrogen and oxygen atoms in total. The number of carbonyl (C=O) groups is 1. The number of aromatic nitrogens is 2. The van der Waals surface area contributed by atoms with Crippen LogP contribution in [-0.2, 0) is 40.0 Å². The number of aryl methyl sites for hydroxylation is 1. The summed E-state index contributed by atoms with van der Waals surface area (Å²) < 4.78 is 83.1. The first-order valence-electron chi connectivity index (χ1n) is 22.7. The number of carboxylic acid groups (broad SMARTS) is 1. The predicted octanol–water partition coefficient (Wildman–Crippen LogP) is 7.38. The van der Waals surface area contributed by atoms with Gasteiger partial charge in [0.1, 0.15) is 48.0 Å². The number of nitrogens with one attached hydrogen (secondary N) is 2. The summed E-state index contributed by atoms with van der Waals surface area (Å²) in [4.78, 5) is 31.7. The van der Waals surface area contributed by atoms with E-state index in [0.717, 1.165) is 30.5 Å². The second-order valence-corrected chi connectivity index (χ2v) is 18.2. The highest BCUT2D eigenvalue weighted by Crippen LogP contribution is 2.48. The summed E-state index contributed by atoms with van der Waals surface area (Å²) in [5, 5.41) is 15.8. The van der Waals surface area contributed by atoms with Crippen LogP contribution in [0.25, 0.3) is 17.1 Å². The monoisotopic (exact) mass is 982 g/mol. The molecule has 3 fully saturated rings. The largest absolute Gasteiger partial charge is 0.497 e. The van der Waals surface area contributed by atoms with Gasteiger partial charge in [-0.05, 0) is 85.5 Å². The maximum absolute atomic E-state index is 15.6. The Morgan fingerprint density at radius 1 is 1.01 bits per heavy atom. The molecule has 20 heteroatoms. The highest BCUT2D eigenvalue weighted by molar-refractivity contribution is 6.33. The van der Waals surface area contributed by atoms with Crippen LogP contribution >= 0.6 is 11.6 Å². The van der Waals surface area contributed by atoms with Crippen LogP contribution in [0.3, 0.4) is 0 Å². The van der Waals surface area contributed by atoms with Crippen LogP contribution < -0.4 is 40.3 Å². The van der Waals surface area contributed by atoms with Gasteiger partial charge in [-0.3, -0.25) is 15.2 Å². The summed E-state index contributed by atoms with van der Waals surface area (Å²) in [5.41, 5.74) is 0.254. The number of alkyl halides is 3. The SMILES string of the molecule is COc1ccc(CN(Cc2ccc(OC)cc2)c2cc(C)c(C(F)(F)F)c(-c3cc4c5c(c3Cl)=NCNC=5N(Cc3cccnc3NC(=O)O)C=C(OC[C@@]35CCCN3CC3(C5)OCCO3)O4)n2)cc1. The van der Waals surface area contributed by atoms with Crippen LogP contribution in [-0.4, -0.2) is 96.1 Å². The van der Waals surface area contributed by atoms with Crippen molar-refractivity contribution in [3.8, 4) is 28.5 Å². The molecule has 0 bridgehead atoms. The Morgan fingerprint density at radius 2 is 1.71 bits per heavy atom. The standard InChI is InChI=1S/C50H50ClF3N8O8/c1-30-20-38(60(22-31-7-11-34(65-2)12-8-31)23-32-9-13-35(66-3)14-10-32)58-43(41(30)50(52,53)54)36-21-37-40-44(42(36)51)56-29-57-46(40)61(24-33-6-4-16-55-45(33)59-47(63)64)25-39(70-37)67-28-48-15-5-17-62(48)27-49(26-48)68-18-19-69-49/h4,6-14,16,20-21,25,57H,5,15,17-19,22-24,26-29H2,1-3H3,(H,55,59)(H,63,64)/t48-/m0/s1. The van der Waals surface area contributed by atoms with Crippen molar-refractivity contribution in [2.45, 2.75) is 63.3 Å². The van der Waals surface area contributed by atoms with E-state index >= 15 is 13.2 Å². The van der Waals surface area contributed by atoms with E-state index in [9.17, 15) is 9.90 Å². The van der Waals surface area contributed by atoms with Crippen LogP contribution in [0.15, 0.2) is 96.1 Å². The van der Waals surface area contributed by atoms with E-state index in [4.69, 9.17) is 50.0 Å². The number of amides is 1. The van der Waals surface area contributed by atoms with Gasteiger partial charge in [0, 0.05) is 36.8 Å². The summed E-state index contributed by atoms with van der Waals surface area (Å²) in [6.45, 7) is 4.57. The van der Waals surface area contributed by atoms with Crippen molar-refractivity contribution in [3.63, 3.8) is 0 Å². The fourth-order valence-corrected chi connectivity index (χ4v) is 10.4. The Balaban J connectivity index is 1.10. The van der Waals surface area contributed by atoms with E-state index < -0.39 is 34.9 Å². The van der Waals surface area contributed by atoms with E-state index in [0.29, 0.717) is 54.3 Å². The van der Waals surface area contributed by atoms with Crippen molar-refractivity contribution in [1.29, 1.82) is 0 Å². The molecule has 5 aromatic rings. The number of methoxy groups -OCH3 is 2. The van der Waals surface area contributed by atoms with Crippen molar-refractivity contribution >= 4 is 35.2 Å². The van der Waals surface area contributed by atoms with Gasteiger partial charge in [-0.25, -0.2) is 14.8 Å². The molecule has 10 rings (SSSR count). The van der Waals surface area contributed by atoms with E-state index in [1.165, 1.54) is 25.3 Å². The Labute approximate surface area is 405 Å². The summed E-state index contributed by atoms with van der Waals surface area (Å²) in [7, 11) is 3.15. The molecule has 1 atom stereocenters. The second kappa shape index (κ2) is 18.8. The van der Waals surface area contributed by atoms with E-state index in [1.807, 2.05) is 53.4 Å². The van der Waals surface area contributed by atoms with Gasteiger partial charge in [-0.2, -0.15) is 13.2 Å². The van der Waals surface area contributed by atoms with Crippen molar-refractivity contribution in [2.75, 3.05) is 64.0 Å². The lowest BCUT2D eigenvalue weighted by Gasteiger charge is -2.31. The number of fused-ring (bicyclic) bond motifs is 1. The van der Waals surface area contributed by atoms with Crippen LogP contribution in [0.1, 0.15) is 47.1 Å². The lowest BCUT2D eigenvalue weighted by Crippen LogP contribution is -2.44. The first-order chi connectivity index (χ1) is 33.7. The number of benzene rings is 3. The van der Waals surface area contributed by atoms with E-state index in [2.05, 4.69) is 20.5 Å². The average molecular weight is 983 g/mol. The molecule has 70 heavy (non-hydrogen) atoms. The number of anilines is 2. The van der Waals surface area contributed by atoms with Crippen LogP contribution in [0, 0.1) is 6.92 Å². The maximum atomic E-state index is 15.6. The molecule has 7 heterocycles. The van der Waals surface area contributed by atoms with Gasteiger partial charge in [0.25, 0.3) is 0 Å². The molecule has 1 spiro atoms. The van der Waals surface area contributed by atoms with Crippen LogP contribution in [0.5, 0.6) is 17.2 Å². The van der Waals surface area contributed by atoms with E-state index in [1.54, 1.807) is 37.5 Å². The summed E-state index contributed by atoms with van der Waals surface area (Å²) in [6, 6.07) is 21.2. The first kappa shape index (κ1) is 46.9. The normalized spacial score (nSPS) is 19.0. The molecule has 5 aliphatic rings. The number of nitrogens with zero attached hydrogens (tertiary/aromatic N) is 6. The topological polar surface area (TPSA) is 165 Å². The lowest BCUT2D eigenvalue weighted by molar-refractivity contribution is -0.148.